The molecule has 4 nitrogen and oxygen atoms in total. The van der Waals surface area contributed by atoms with Crippen LogP contribution in [0.5, 0.6) is 0 Å². The second kappa shape index (κ2) is 11.9. The Morgan fingerprint density at radius 2 is 0.548 bits per heavy atom. The van der Waals surface area contributed by atoms with E-state index in [1.54, 1.807) is 0 Å². The third-order valence-corrected chi connectivity index (χ3v) is 14.5. The van der Waals surface area contributed by atoms with Crippen LogP contribution in [0.25, 0.3) is 142 Å². The molecule has 0 aliphatic carbocycles. The van der Waals surface area contributed by atoms with E-state index in [9.17, 15) is 0 Å². The van der Waals surface area contributed by atoms with E-state index in [2.05, 4.69) is 216 Å². The Kier molecular flexibility index (Phi) is 6.53. The summed E-state index contributed by atoms with van der Waals surface area (Å²) >= 11 is 0. The molecule has 0 unspecified atom stereocenters. The Morgan fingerprint density at radius 1 is 0.258 bits per heavy atom. The first-order valence-electron chi connectivity index (χ1n) is 21.6. The number of benzene rings is 10. The first kappa shape index (κ1) is 34.0. The minimum Gasteiger partial charge on any atom is -0.343 e. The van der Waals surface area contributed by atoms with Gasteiger partial charge in [-0.15, -0.1) is 0 Å². The molecule has 4 heteroatoms. The molecule has 0 spiro atoms. The van der Waals surface area contributed by atoms with Crippen LogP contribution in [0.2, 0.25) is 0 Å². The maximum absolute atomic E-state index is 2.41. The third-order valence-electron chi connectivity index (χ3n) is 14.5. The lowest BCUT2D eigenvalue weighted by Gasteiger charge is -2.06. The van der Waals surface area contributed by atoms with Gasteiger partial charge in [-0.1, -0.05) is 133 Å². The summed E-state index contributed by atoms with van der Waals surface area (Å²) in [5.41, 5.74) is 12.6. The zero-order valence-corrected chi connectivity index (χ0v) is 35.0. The van der Waals surface area contributed by atoms with E-state index in [4.69, 9.17) is 0 Å². The number of hydrogen-bond acceptors (Lipinski definition) is 0. The van der Waals surface area contributed by atoms with Crippen LogP contribution in [-0.2, 0) is 28.2 Å². The molecule has 4 aromatic heterocycles. The molecule has 0 atom stereocenters. The molecule has 0 saturated heterocycles. The van der Waals surface area contributed by atoms with E-state index in [1.807, 2.05) is 0 Å². The Hall–Kier alpha value is -7.82. The van der Waals surface area contributed by atoms with Gasteiger partial charge in [0, 0.05) is 115 Å². The SMILES string of the molecule is Cn1c2cc3c4ccc5cc(/C=C/c6ccc7c(ccc8c9cc%10c(cc9n(C)c78)c7ccc8ccccc8c7n%10C)c6)ccc5c4n(C)c3cc2c2ccc3ccccc3c21. The summed E-state index contributed by atoms with van der Waals surface area (Å²) in [6.07, 6.45) is 4.50. The summed E-state index contributed by atoms with van der Waals surface area (Å²) in [5, 5.41) is 20.6. The molecular weight excluding hydrogens is 753 g/mol. The Morgan fingerprint density at radius 3 is 0.903 bits per heavy atom. The minimum atomic E-state index is 1.19. The van der Waals surface area contributed by atoms with Crippen molar-refractivity contribution in [3.8, 4) is 0 Å². The van der Waals surface area contributed by atoms with Gasteiger partial charge in [-0.2, -0.15) is 0 Å². The number of fused-ring (bicyclic) bond motifs is 20. The monoisotopic (exact) mass is 792 g/mol. The fourth-order valence-corrected chi connectivity index (χ4v) is 11.5. The maximum atomic E-state index is 2.41. The predicted molar refractivity (Wildman–Crippen MR) is 268 cm³/mol. The molecule has 0 N–H and O–H groups in total. The summed E-state index contributed by atoms with van der Waals surface area (Å²) in [5.74, 6) is 0. The van der Waals surface area contributed by atoms with E-state index in [0.29, 0.717) is 0 Å². The molecule has 4 heterocycles. The molecule has 0 aliphatic heterocycles. The highest BCUT2D eigenvalue weighted by molar-refractivity contribution is 6.26. The number of hydrogen-bond donors (Lipinski definition) is 0. The highest BCUT2D eigenvalue weighted by atomic mass is 15.0. The largest absolute Gasteiger partial charge is 0.343 e. The Bertz CT molecular complexity index is 4090. The van der Waals surface area contributed by atoms with Crippen LogP contribution in [0.15, 0.2) is 158 Å². The molecule has 14 rings (SSSR count). The summed E-state index contributed by atoms with van der Waals surface area (Å²) in [7, 11) is 8.87. The van der Waals surface area contributed by atoms with E-state index >= 15 is 0 Å². The Labute approximate surface area is 356 Å². The van der Waals surface area contributed by atoms with Crippen molar-refractivity contribution in [1.82, 2.24) is 18.3 Å². The lowest BCUT2D eigenvalue weighted by molar-refractivity contribution is 1.01. The number of aryl methyl sites for hydroxylation is 4. The van der Waals surface area contributed by atoms with Crippen LogP contribution in [0.4, 0.5) is 0 Å². The molecule has 10 aromatic carbocycles. The molecule has 14 aromatic rings. The molecule has 0 saturated carbocycles. The summed E-state index contributed by atoms with van der Waals surface area (Å²) in [4.78, 5) is 0. The smallest absolute Gasteiger partial charge is 0.0568 e. The lowest BCUT2D eigenvalue weighted by atomic mass is 10.0. The zero-order valence-electron chi connectivity index (χ0n) is 35.0. The van der Waals surface area contributed by atoms with Gasteiger partial charge in [0.2, 0.25) is 0 Å². The predicted octanol–water partition coefficient (Wildman–Crippen LogP) is 15.0. The number of nitrogens with zero attached hydrogens (tertiary/aromatic N) is 4. The van der Waals surface area contributed by atoms with Gasteiger partial charge in [0.15, 0.2) is 0 Å². The van der Waals surface area contributed by atoms with Crippen LogP contribution in [-0.4, -0.2) is 18.3 Å². The highest BCUT2D eigenvalue weighted by Crippen LogP contribution is 2.42. The van der Waals surface area contributed by atoms with E-state index in [-0.39, 0.29) is 0 Å². The number of aromatic nitrogens is 4. The average molecular weight is 793 g/mol. The molecule has 0 bridgehead atoms. The van der Waals surface area contributed by atoms with Crippen molar-refractivity contribution in [2.75, 3.05) is 0 Å². The normalized spacial score (nSPS) is 12.8. The Balaban J connectivity index is 0.835. The summed E-state index contributed by atoms with van der Waals surface area (Å²) < 4.78 is 9.56. The molecule has 0 fully saturated rings. The topological polar surface area (TPSA) is 19.7 Å². The van der Waals surface area contributed by atoms with Crippen molar-refractivity contribution in [3.63, 3.8) is 0 Å². The van der Waals surface area contributed by atoms with Gasteiger partial charge >= 0.3 is 0 Å². The van der Waals surface area contributed by atoms with Crippen molar-refractivity contribution in [2.24, 2.45) is 28.2 Å². The van der Waals surface area contributed by atoms with Crippen LogP contribution in [0.1, 0.15) is 11.1 Å². The standard InChI is InChI=1S/C58H40N4/c1-59-51-31-49-45-25-19-37-27-33(15-21-41(37)57(45)61(3)53(49)29-47(51)43-23-17-35-9-5-7-11-39(35)55(43)59)13-14-34-16-22-42-38(28-34)20-26-46-50-32-52-48(30-54(50)62(4)58(42)46)44-24-18-36-10-6-8-12-40(36)56(44)60(52)2/h5-32H,1-4H3/b14-13+. The fraction of sp³-hybridized carbons (Fsp3) is 0.0690. The first-order chi connectivity index (χ1) is 30.4. The van der Waals surface area contributed by atoms with Crippen molar-refractivity contribution in [1.29, 1.82) is 0 Å². The van der Waals surface area contributed by atoms with Gasteiger partial charge < -0.3 is 18.3 Å². The third kappa shape index (κ3) is 4.35. The van der Waals surface area contributed by atoms with Crippen LogP contribution in [0, 0.1) is 0 Å². The van der Waals surface area contributed by atoms with Crippen LogP contribution >= 0.6 is 0 Å². The minimum absolute atomic E-state index is 1.19. The van der Waals surface area contributed by atoms with Crippen LogP contribution < -0.4 is 0 Å². The first-order valence-corrected chi connectivity index (χ1v) is 21.6. The summed E-state index contributed by atoms with van der Waals surface area (Å²) in [6.45, 7) is 0. The van der Waals surface area contributed by atoms with Crippen molar-refractivity contribution >= 4 is 142 Å². The average Bonchev–Trinajstić information content (AvgIpc) is 3.97. The molecule has 0 aliphatic rings. The maximum Gasteiger partial charge on any atom is 0.0568 e. The molecule has 0 radical (unpaired) electrons. The lowest BCUT2D eigenvalue weighted by Crippen LogP contribution is -1.89. The fourth-order valence-electron chi connectivity index (χ4n) is 11.5. The molecular formula is C58H40N4. The van der Waals surface area contributed by atoms with Gasteiger partial charge in [0.1, 0.15) is 0 Å². The highest BCUT2D eigenvalue weighted by Gasteiger charge is 2.19. The van der Waals surface area contributed by atoms with E-state index in [0.717, 1.165) is 0 Å². The zero-order chi connectivity index (χ0) is 41.1. The number of rotatable bonds is 2. The van der Waals surface area contributed by atoms with Crippen molar-refractivity contribution < 1.29 is 0 Å². The van der Waals surface area contributed by atoms with Crippen LogP contribution in [0.3, 0.4) is 0 Å². The second-order valence-corrected chi connectivity index (χ2v) is 17.6. The summed E-state index contributed by atoms with van der Waals surface area (Å²) in [6, 6.07) is 59.2. The van der Waals surface area contributed by atoms with Gasteiger partial charge in [0.25, 0.3) is 0 Å². The second-order valence-electron chi connectivity index (χ2n) is 17.6. The molecule has 62 heavy (non-hydrogen) atoms. The van der Waals surface area contributed by atoms with Crippen molar-refractivity contribution in [2.45, 2.75) is 0 Å². The van der Waals surface area contributed by atoms with Gasteiger partial charge in [-0.25, -0.2) is 0 Å². The van der Waals surface area contributed by atoms with Gasteiger partial charge in [-0.05, 0) is 69.1 Å². The quantitative estimate of drug-likeness (QED) is 0.155. The van der Waals surface area contributed by atoms with Crippen molar-refractivity contribution in [3.05, 3.63) is 169 Å². The van der Waals surface area contributed by atoms with E-state index in [1.165, 1.54) is 141 Å². The van der Waals surface area contributed by atoms with Gasteiger partial charge in [0.05, 0.1) is 22.1 Å². The molecule has 292 valence electrons. The molecule has 0 amide bonds. The van der Waals surface area contributed by atoms with E-state index < -0.39 is 0 Å². The van der Waals surface area contributed by atoms with Gasteiger partial charge in [-0.3, -0.25) is 0 Å².